The number of amides is 2. The zero-order chi connectivity index (χ0) is 28.5. The number of nitrogens with one attached hydrogen (secondary N) is 2. The first-order chi connectivity index (χ1) is 19.8. The van der Waals surface area contributed by atoms with Crippen molar-refractivity contribution in [3.05, 3.63) is 64.3 Å². The van der Waals surface area contributed by atoms with E-state index >= 15 is 4.39 Å². The van der Waals surface area contributed by atoms with Gasteiger partial charge in [0.05, 0.1) is 29.8 Å². The number of ether oxygens (including phenoxy) is 2. The van der Waals surface area contributed by atoms with Gasteiger partial charge >= 0.3 is 6.09 Å². The van der Waals surface area contributed by atoms with Gasteiger partial charge in [0.2, 0.25) is 11.7 Å². The Kier molecular flexibility index (Phi) is 7.78. The molecule has 2 saturated heterocycles. The molecule has 11 nitrogen and oxygen atoms in total. The molecule has 2 aliphatic heterocycles. The van der Waals surface area contributed by atoms with E-state index in [2.05, 4.69) is 20.8 Å². The molecule has 1 aliphatic carbocycles. The number of aliphatic hydroxyl groups is 1. The number of nitrogens with zero attached hydrogens (tertiary/aromatic N) is 3. The van der Waals surface area contributed by atoms with Crippen LogP contribution in [-0.4, -0.2) is 69.6 Å². The molecule has 1 aromatic heterocycles. The van der Waals surface area contributed by atoms with E-state index in [-0.39, 0.29) is 66.2 Å². The van der Waals surface area contributed by atoms with Crippen LogP contribution >= 0.6 is 11.6 Å². The van der Waals surface area contributed by atoms with Gasteiger partial charge in [0.25, 0.3) is 5.91 Å². The fraction of sp³-hybridized carbons (Fsp3) is 0.429. The molecule has 3 heterocycles. The third-order valence-corrected chi connectivity index (χ3v) is 7.89. The lowest BCUT2D eigenvalue weighted by Crippen LogP contribution is -2.44. The summed E-state index contributed by atoms with van der Waals surface area (Å²) < 4.78 is 32.2. The fourth-order valence-electron chi connectivity index (χ4n) is 5.25. The molecular formula is C28H29ClFN5O6. The van der Waals surface area contributed by atoms with Crippen LogP contribution in [0.1, 0.15) is 47.5 Å². The van der Waals surface area contributed by atoms with Crippen LogP contribution in [0, 0.1) is 5.82 Å². The summed E-state index contributed by atoms with van der Waals surface area (Å²) in [5, 5.41) is 20.1. The van der Waals surface area contributed by atoms with Crippen molar-refractivity contribution in [2.75, 3.05) is 13.2 Å². The normalized spacial score (nSPS) is 23.5. The third-order valence-electron chi connectivity index (χ3n) is 7.64. The Morgan fingerprint density at radius 1 is 1.20 bits per heavy atom. The van der Waals surface area contributed by atoms with Crippen LogP contribution in [0.4, 0.5) is 9.18 Å². The van der Waals surface area contributed by atoms with Crippen LogP contribution in [0.5, 0.6) is 5.75 Å². The van der Waals surface area contributed by atoms with Crippen molar-refractivity contribution in [1.82, 2.24) is 25.7 Å². The Morgan fingerprint density at radius 3 is 2.78 bits per heavy atom. The highest BCUT2D eigenvalue weighted by Crippen LogP contribution is 2.35. The summed E-state index contributed by atoms with van der Waals surface area (Å²) in [5.41, 5.74) is 0.858. The second kappa shape index (κ2) is 11.6. The predicted molar refractivity (Wildman–Crippen MR) is 144 cm³/mol. The molecule has 0 radical (unpaired) electrons. The maximum Gasteiger partial charge on any atom is 0.410 e. The maximum absolute atomic E-state index is 15.4. The van der Waals surface area contributed by atoms with Gasteiger partial charge in [-0.3, -0.25) is 4.79 Å². The molecule has 2 amide bonds. The molecule has 3 N–H and O–H groups in total. The van der Waals surface area contributed by atoms with Crippen LogP contribution < -0.4 is 15.4 Å². The second-order valence-corrected chi connectivity index (χ2v) is 11.0. The number of fused-ring (bicyclic) bond motifs is 1. The van der Waals surface area contributed by atoms with Crippen LogP contribution in [0.3, 0.4) is 0 Å². The summed E-state index contributed by atoms with van der Waals surface area (Å²) in [5.74, 6) is -0.728. The number of piperidine rings is 1. The smallest absolute Gasteiger partial charge is 0.410 e. The summed E-state index contributed by atoms with van der Waals surface area (Å²) in [6, 6.07) is 9.56. The first-order valence-corrected chi connectivity index (χ1v) is 13.9. The van der Waals surface area contributed by atoms with Crippen molar-refractivity contribution in [2.24, 2.45) is 0 Å². The fourth-order valence-corrected chi connectivity index (χ4v) is 5.38. The average Bonchev–Trinajstić information content (AvgIpc) is 3.57. The van der Waals surface area contributed by atoms with Gasteiger partial charge in [0.15, 0.2) is 0 Å². The summed E-state index contributed by atoms with van der Waals surface area (Å²) in [6.45, 7) is 1.22. The number of halogens is 2. The van der Waals surface area contributed by atoms with E-state index in [0.29, 0.717) is 49.7 Å². The molecule has 0 bridgehead atoms. The van der Waals surface area contributed by atoms with E-state index in [1.165, 1.54) is 12.1 Å². The lowest BCUT2D eigenvalue weighted by molar-refractivity contribution is 0.0607. The van der Waals surface area contributed by atoms with E-state index in [4.69, 9.17) is 25.6 Å². The van der Waals surface area contributed by atoms with Crippen molar-refractivity contribution in [3.8, 4) is 17.1 Å². The van der Waals surface area contributed by atoms with Crippen molar-refractivity contribution < 1.29 is 33.1 Å². The van der Waals surface area contributed by atoms with E-state index in [1.807, 2.05) is 0 Å². The average molecular weight is 586 g/mol. The van der Waals surface area contributed by atoms with E-state index in [1.54, 1.807) is 29.2 Å². The molecule has 2 atom stereocenters. The Morgan fingerprint density at radius 2 is 2.00 bits per heavy atom. The molecule has 6 rings (SSSR count). The zero-order valence-corrected chi connectivity index (χ0v) is 22.8. The summed E-state index contributed by atoms with van der Waals surface area (Å²) in [7, 11) is 0. The monoisotopic (exact) mass is 585 g/mol. The minimum absolute atomic E-state index is 0.111. The molecule has 0 unspecified atom stereocenters. The van der Waals surface area contributed by atoms with Crippen LogP contribution in [0.15, 0.2) is 40.9 Å². The number of benzene rings is 2. The topological polar surface area (TPSA) is 139 Å². The number of aromatic nitrogens is 2. The van der Waals surface area contributed by atoms with Crippen LogP contribution in [0.25, 0.3) is 11.4 Å². The number of carbonyl (C=O) groups is 2. The first kappa shape index (κ1) is 27.4. The molecular weight excluding hydrogens is 557 g/mol. The third kappa shape index (κ3) is 6.14. The number of hydrogen-bond donors (Lipinski definition) is 3. The molecule has 13 heteroatoms. The lowest BCUT2D eigenvalue weighted by Gasteiger charge is -2.32. The van der Waals surface area contributed by atoms with Gasteiger partial charge in [-0.1, -0.05) is 28.9 Å². The maximum atomic E-state index is 15.4. The highest BCUT2D eigenvalue weighted by molar-refractivity contribution is 6.30. The quantitative estimate of drug-likeness (QED) is 0.344. The Labute approximate surface area is 239 Å². The number of hydrogen-bond acceptors (Lipinski definition) is 9. The summed E-state index contributed by atoms with van der Waals surface area (Å²) in [4.78, 5) is 31.0. The van der Waals surface area contributed by atoms with Crippen molar-refractivity contribution in [1.29, 1.82) is 0 Å². The number of cyclic esters (lactones) is 1. The van der Waals surface area contributed by atoms with Crippen molar-refractivity contribution in [3.63, 3.8) is 0 Å². The van der Waals surface area contributed by atoms with Gasteiger partial charge in [0, 0.05) is 37.0 Å². The number of carbonyl (C=O) groups excluding carboxylic acids is 2. The van der Waals surface area contributed by atoms with E-state index in [0.717, 1.165) is 5.56 Å². The summed E-state index contributed by atoms with van der Waals surface area (Å²) in [6.07, 6.45) is 1.43. The van der Waals surface area contributed by atoms with Crippen LogP contribution in [0.2, 0.25) is 5.02 Å². The molecule has 216 valence electrons. The summed E-state index contributed by atoms with van der Waals surface area (Å²) >= 11 is 5.93. The minimum Gasteiger partial charge on any atom is -0.489 e. The molecule has 41 heavy (non-hydrogen) atoms. The number of rotatable bonds is 9. The highest BCUT2D eigenvalue weighted by atomic mass is 35.5. The minimum atomic E-state index is -0.765. The largest absolute Gasteiger partial charge is 0.489 e. The van der Waals surface area contributed by atoms with Gasteiger partial charge in [-0.25, -0.2) is 9.18 Å². The Bertz CT molecular complexity index is 1430. The van der Waals surface area contributed by atoms with Gasteiger partial charge in [-0.05, 0) is 42.7 Å². The SMILES string of the molecule is O=C(NCc1ccc(Cl)cc1)c1cc(O[C@H]2CCN3C(=O)OC[C@@H]3C2)c(-c2noc(CNC3CC(O)C3)n2)cc1F. The Hall–Kier alpha value is -3.74. The predicted octanol–water partition coefficient (Wildman–Crippen LogP) is 3.43. The van der Waals surface area contributed by atoms with Gasteiger partial charge in [-0.2, -0.15) is 4.98 Å². The van der Waals surface area contributed by atoms with E-state index < -0.39 is 11.7 Å². The standard InChI is InChI=1S/C28H29ClFN5O6/c29-16-3-1-15(2-4-16)12-32-27(37)21-11-24(40-20-5-6-35-18(9-20)14-39-28(35)38)22(10-23(21)30)26-33-25(41-34-26)13-31-17-7-19(36)8-17/h1-4,10-11,17-20,31,36H,5-9,12-14H2,(H,32,37)/t17?,18-,19?,20-/m0/s1. The van der Waals surface area contributed by atoms with Gasteiger partial charge < -0.3 is 34.6 Å². The highest BCUT2D eigenvalue weighted by Gasteiger charge is 2.39. The second-order valence-electron chi connectivity index (χ2n) is 10.5. The zero-order valence-electron chi connectivity index (χ0n) is 22.0. The first-order valence-electron chi connectivity index (χ1n) is 13.5. The molecule has 3 aromatic rings. The number of aliphatic hydroxyl groups excluding tert-OH is 1. The molecule has 3 aliphatic rings. The molecule has 1 saturated carbocycles. The van der Waals surface area contributed by atoms with Crippen molar-refractivity contribution in [2.45, 2.75) is 63.1 Å². The molecule has 3 fully saturated rings. The molecule has 0 spiro atoms. The van der Waals surface area contributed by atoms with E-state index in [9.17, 15) is 14.7 Å². The molecule has 2 aromatic carbocycles. The Balaban J connectivity index is 1.22. The van der Waals surface area contributed by atoms with Crippen LogP contribution in [-0.2, 0) is 17.8 Å². The van der Waals surface area contributed by atoms with Gasteiger partial charge in [-0.15, -0.1) is 0 Å². The van der Waals surface area contributed by atoms with Gasteiger partial charge in [0.1, 0.15) is 24.3 Å². The van der Waals surface area contributed by atoms with Crippen molar-refractivity contribution >= 4 is 23.6 Å². The lowest BCUT2D eigenvalue weighted by atomic mass is 9.90.